The molecule has 0 saturated heterocycles. The average molecular weight is 169 g/mol. The molecule has 1 heteroatoms. The molecule has 1 saturated carbocycles. The second kappa shape index (κ2) is 3.78. The van der Waals surface area contributed by atoms with Crippen molar-refractivity contribution in [3.8, 4) is 0 Å². The zero-order valence-electron chi connectivity index (χ0n) is 9.06. The Balaban J connectivity index is 2.41. The van der Waals surface area contributed by atoms with Crippen LogP contribution in [0.4, 0.5) is 0 Å². The first-order chi connectivity index (χ1) is 5.67. The summed E-state index contributed by atoms with van der Waals surface area (Å²) in [6.07, 6.45) is 6.95. The van der Waals surface area contributed by atoms with Crippen molar-refractivity contribution in [3.05, 3.63) is 0 Å². The van der Waals surface area contributed by atoms with Crippen molar-refractivity contribution in [3.63, 3.8) is 0 Å². The fraction of sp³-hybridized carbons (Fsp3) is 1.00. The van der Waals surface area contributed by atoms with Crippen LogP contribution in [0, 0.1) is 5.92 Å². The lowest BCUT2D eigenvalue weighted by atomic mass is 10.0. The van der Waals surface area contributed by atoms with Crippen molar-refractivity contribution < 1.29 is 0 Å². The van der Waals surface area contributed by atoms with E-state index in [9.17, 15) is 0 Å². The van der Waals surface area contributed by atoms with E-state index in [-0.39, 0.29) is 0 Å². The standard InChI is InChI=1S/C11H23N/c1-5-7-8-11(12(3)4)9-10(11)6-2/h10H,5-9H2,1-4H3. The van der Waals surface area contributed by atoms with E-state index in [0.717, 1.165) is 5.92 Å². The summed E-state index contributed by atoms with van der Waals surface area (Å²) in [6.45, 7) is 4.61. The Morgan fingerprint density at radius 3 is 2.33 bits per heavy atom. The van der Waals surface area contributed by atoms with Crippen LogP contribution in [-0.4, -0.2) is 24.5 Å². The predicted octanol–water partition coefficient (Wildman–Crippen LogP) is 2.91. The Morgan fingerprint density at radius 2 is 2.00 bits per heavy atom. The molecule has 0 aromatic rings. The molecule has 2 unspecified atom stereocenters. The van der Waals surface area contributed by atoms with Crippen LogP contribution < -0.4 is 0 Å². The summed E-state index contributed by atoms with van der Waals surface area (Å²) in [6, 6.07) is 0. The fourth-order valence-electron chi connectivity index (χ4n) is 2.45. The number of rotatable bonds is 5. The zero-order chi connectivity index (χ0) is 9.19. The van der Waals surface area contributed by atoms with Crippen LogP contribution in [-0.2, 0) is 0 Å². The highest BCUT2D eigenvalue weighted by Gasteiger charge is 2.53. The van der Waals surface area contributed by atoms with Crippen LogP contribution in [0.15, 0.2) is 0 Å². The van der Waals surface area contributed by atoms with E-state index in [0.29, 0.717) is 5.54 Å². The molecule has 72 valence electrons. The maximum absolute atomic E-state index is 2.46. The highest BCUT2D eigenvalue weighted by Crippen LogP contribution is 2.52. The molecule has 0 radical (unpaired) electrons. The minimum Gasteiger partial charge on any atom is -0.303 e. The van der Waals surface area contributed by atoms with E-state index in [4.69, 9.17) is 0 Å². The average Bonchev–Trinajstić information content (AvgIpc) is 2.76. The summed E-state index contributed by atoms with van der Waals surface area (Å²) in [7, 11) is 4.48. The van der Waals surface area contributed by atoms with E-state index < -0.39 is 0 Å². The maximum atomic E-state index is 2.46. The van der Waals surface area contributed by atoms with Gasteiger partial charge in [-0.15, -0.1) is 0 Å². The van der Waals surface area contributed by atoms with E-state index in [1.165, 1.54) is 32.1 Å². The molecule has 0 aromatic carbocycles. The lowest BCUT2D eigenvalue weighted by molar-refractivity contribution is 0.228. The topological polar surface area (TPSA) is 3.24 Å². The van der Waals surface area contributed by atoms with Gasteiger partial charge in [0.15, 0.2) is 0 Å². The minimum absolute atomic E-state index is 0.602. The number of hydrogen-bond donors (Lipinski definition) is 0. The Bertz CT molecular complexity index is 142. The molecule has 1 fully saturated rings. The highest BCUT2D eigenvalue weighted by molar-refractivity contribution is 5.09. The summed E-state index contributed by atoms with van der Waals surface area (Å²) in [5, 5.41) is 0. The van der Waals surface area contributed by atoms with Crippen LogP contribution >= 0.6 is 0 Å². The van der Waals surface area contributed by atoms with Gasteiger partial charge in [0.2, 0.25) is 0 Å². The van der Waals surface area contributed by atoms with Crippen molar-refractivity contribution in [1.82, 2.24) is 4.90 Å². The molecular formula is C11H23N. The molecule has 0 amide bonds. The molecule has 1 nitrogen and oxygen atoms in total. The van der Waals surface area contributed by atoms with Gasteiger partial charge in [0.1, 0.15) is 0 Å². The van der Waals surface area contributed by atoms with Gasteiger partial charge in [0.25, 0.3) is 0 Å². The summed E-state index contributed by atoms with van der Waals surface area (Å²) in [5.41, 5.74) is 0.602. The molecule has 1 aliphatic carbocycles. The molecule has 0 bridgehead atoms. The molecule has 2 atom stereocenters. The van der Waals surface area contributed by atoms with Gasteiger partial charge in [-0.3, -0.25) is 0 Å². The van der Waals surface area contributed by atoms with Crippen LogP contribution in [0.3, 0.4) is 0 Å². The third-order valence-corrected chi connectivity index (χ3v) is 3.55. The SMILES string of the molecule is CCCCC1(N(C)C)CC1CC. The van der Waals surface area contributed by atoms with Crippen molar-refractivity contribution in [2.75, 3.05) is 14.1 Å². The first-order valence-corrected chi connectivity index (χ1v) is 5.34. The Labute approximate surface area is 77.1 Å². The summed E-state index contributed by atoms with van der Waals surface area (Å²) in [5.74, 6) is 0.985. The van der Waals surface area contributed by atoms with E-state index in [1.807, 2.05) is 0 Å². The molecular weight excluding hydrogens is 146 g/mol. The van der Waals surface area contributed by atoms with Crippen molar-refractivity contribution >= 4 is 0 Å². The Kier molecular flexibility index (Phi) is 3.16. The number of hydrogen-bond acceptors (Lipinski definition) is 1. The van der Waals surface area contributed by atoms with Crippen molar-refractivity contribution in [1.29, 1.82) is 0 Å². The Morgan fingerprint density at radius 1 is 1.33 bits per heavy atom. The molecule has 12 heavy (non-hydrogen) atoms. The first kappa shape index (κ1) is 10.0. The minimum atomic E-state index is 0.602. The smallest absolute Gasteiger partial charge is 0.0235 e. The number of nitrogens with zero attached hydrogens (tertiary/aromatic N) is 1. The summed E-state index contributed by atoms with van der Waals surface area (Å²) < 4.78 is 0. The zero-order valence-corrected chi connectivity index (χ0v) is 9.06. The second-order valence-electron chi connectivity index (χ2n) is 4.41. The van der Waals surface area contributed by atoms with E-state index in [2.05, 4.69) is 32.8 Å². The summed E-state index contributed by atoms with van der Waals surface area (Å²) >= 11 is 0. The molecule has 0 aromatic heterocycles. The quantitative estimate of drug-likeness (QED) is 0.611. The largest absolute Gasteiger partial charge is 0.303 e. The molecule has 0 heterocycles. The normalized spacial score (nSPS) is 34.2. The lowest BCUT2D eigenvalue weighted by Crippen LogP contribution is -2.32. The van der Waals surface area contributed by atoms with Crippen molar-refractivity contribution in [2.45, 2.75) is 51.5 Å². The van der Waals surface area contributed by atoms with Gasteiger partial charge >= 0.3 is 0 Å². The second-order valence-corrected chi connectivity index (χ2v) is 4.41. The molecule has 0 spiro atoms. The lowest BCUT2D eigenvalue weighted by Gasteiger charge is -2.25. The van der Waals surface area contributed by atoms with E-state index in [1.54, 1.807) is 0 Å². The first-order valence-electron chi connectivity index (χ1n) is 5.34. The summed E-state index contributed by atoms with van der Waals surface area (Å²) in [4.78, 5) is 2.46. The van der Waals surface area contributed by atoms with Crippen molar-refractivity contribution in [2.24, 2.45) is 5.92 Å². The van der Waals surface area contributed by atoms with Crippen LogP contribution in [0.1, 0.15) is 46.0 Å². The van der Waals surface area contributed by atoms with E-state index >= 15 is 0 Å². The van der Waals surface area contributed by atoms with Gasteiger partial charge in [-0.05, 0) is 32.9 Å². The number of unbranched alkanes of at least 4 members (excludes halogenated alkanes) is 1. The van der Waals surface area contributed by atoms with Gasteiger partial charge < -0.3 is 4.90 Å². The fourth-order valence-corrected chi connectivity index (χ4v) is 2.45. The van der Waals surface area contributed by atoms with Gasteiger partial charge in [-0.1, -0.05) is 33.1 Å². The molecule has 0 aliphatic heterocycles. The predicted molar refractivity (Wildman–Crippen MR) is 54.3 cm³/mol. The third kappa shape index (κ3) is 1.66. The molecule has 1 rings (SSSR count). The Hall–Kier alpha value is -0.0400. The van der Waals surface area contributed by atoms with Crippen LogP contribution in [0.2, 0.25) is 0 Å². The van der Waals surface area contributed by atoms with Gasteiger partial charge in [-0.25, -0.2) is 0 Å². The maximum Gasteiger partial charge on any atom is 0.0235 e. The van der Waals surface area contributed by atoms with Gasteiger partial charge in [-0.2, -0.15) is 0 Å². The van der Waals surface area contributed by atoms with Gasteiger partial charge in [0.05, 0.1) is 0 Å². The third-order valence-electron chi connectivity index (χ3n) is 3.55. The molecule has 0 N–H and O–H groups in total. The monoisotopic (exact) mass is 169 g/mol. The van der Waals surface area contributed by atoms with Crippen LogP contribution in [0.5, 0.6) is 0 Å². The van der Waals surface area contributed by atoms with Crippen LogP contribution in [0.25, 0.3) is 0 Å². The highest BCUT2D eigenvalue weighted by atomic mass is 15.2. The molecule has 1 aliphatic rings. The van der Waals surface area contributed by atoms with Gasteiger partial charge in [0, 0.05) is 5.54 Å².